The van der Waals surface area contributed by atoms with Crippen molar-refractivity contribution in [2.24, 2.45) is 0 Å². The Bertz CT molecular complexity index is 1040. The molecule has 0 bridgehead atoms. The number of allylic oxidation sites excluding steroid dienone is 1. The molecule has 3 N–H and O–H groups in total. The molecule has 0 saturated heterocycles. The van der Waals surface area contributed by atoms with Crippen LogP contribution in [-0.2, 0) is 18.4 Å². The maximum Gasteiger partial charge on any atom is 0.472 e. The van der Waals surface area contributed by atoms with Crippen LogP contribution in [0.1, 0.15) is 277 Å². The molecule has 376 valence electrons. The van der Waals surface area contributed by atoms with Crippen molar-refractivity contribution < 1.29 is 32.9 Å². The Kier molecular flexibility index (Phi) is 45.8. The fraction of sp³-hybridized carbons (Fsp3) is 0.944. The summed E-state index contributed by atoms with van der Waals surface area (Å²) in [6.45, 7) is 4.81. The molecule has 0 rings (SSSR count). The van der Waals surface area contributed by atoms with Crippen molar-refractivity contribution in [3.05, 3.63) is 12.2 Å². The van der Waals surface area contributed by atoms with E-state index in [9.17, 15) is 19.4 Å². The van der Waals surface area contributed by atoms with Crippen molar-refractivity contribution in [2.75, 3.05) is 40.9 Å². The van der Waals surface area contributed by atoms with Crippen LogP contribution in [-0.4, -0.2) is 73.4 Å². The molecule has 0 spiro atoms. The number of nitrogens with one attached hydrogen (secondary N) is 1. The average Bonchev–Trinajstić information content (AvgIpc) is 3.24. The number of phosphoric acid groups is 1. The highest BCUT2D eigenvalue weighted by atomic mass is 31.2. The summed E-state index contributed by atoms with van der Waals surface area (Å²) < 4.78 is 23.6. The number of aliphatic hydroxyl groups excluding tert-OH is 1. The molecule has 0 aromatic carbocycles. The van der Waals surface area contributed by atoms with Crippen LogP contribution < -0.4 is 5.32 Å². The number of hydrogen-bond donors (Lipinski definition) is 3. The number of nitrogens with zero attached hydrogens (tertiary/aromatic N) is 1. The zero-order valence-corrected chi connectivity index (χ0v) is 43.7. The van der Waals surface area contributed by atoms with Crippen molar-refractivity contribution in [1.82, 2.24) is 5.32 Å². The molecule has 0 saturated carbocycles. The van der Waals surface area contributed by atoms with Crippen molar-refractivity contribution in [1.29, 1.82) is 0 Å². The van der Waals surface area contributed by atoms with Gasteiger partial charge in [-0.2, -0.15) is 0 Å². The van der Waals surface area contributed by atoms with Gasteiger partial charge in [-0.3, -0.25) is 13.8 Å². The second kappa shape index (κ2) is 46.4. The zero-order chi connectivity index (χ0) is 46.4. The molecule has 0 heterocycles. The van der Waals surface area contributed by atoms with E-state index in [0.29, 0.717) is 17.4 Å². The summed E-state index contributed by atoms with van der Waals surface area (Å²) in [5.74, 6) is -0.174. The molecule has 1 unspecified atom stereocenters. The molecule has 63 heavy (non-hydrogen) atoms. The Morgan fingerprint density at radius 2 is 0.841 bits per heavy atom. The summed E-state index contributed by atoms with van der Waals surface area (Å²) in [5.41, 5.74) is 0. The van der Waals surface area contributed by atoms with E-state index in [-0.39, 0.29) is 19.1 Å². The third kappa shape index (κ3) is 49.0. The first-order valence-corrected chi connectivity index (χ1v) is 29.1. The van der Waals surface area contributed by atoms with Crippen molar-refractivity contribution in [2.45, 2.75) is 289 Å². The number of rotatable bonds is 51. The van der Waals surface area contributed by atoms with Gasteiger partial charge in [0.05, 0.1) is 39.9 Å². The predicted octanol–water partition coefficient (Wildman–Crippen LogP) is 16.3. The maximum absolute atomic E-state index is 12.9. The van der Waals surface area contributed by atoms with E-state index >= 15 is 0 Å². The van der Waals surface area contributed by atoms with E-state index in [4.69, 9.17) is 9.05 Å². The second-order valence-electron chi connectivity index (χ2n) is 20.3. The molecular formula is C54H110N2O6P+. The quantitative estimate of drug-likeness (QED) is 0.0243. The zero-order valence-electron chi connectivity index (χ0n) is 42.8. The first kappa shape index (κ1) is 62.2. The van der Waals surface area contributed by atoms with Crippen molar-refractivity contribution >= 4 is 13.7 Å². The van der Waals surface area contributed by atoms with E-state index < -0.39 is 20.0 Å². The normalized spacial score (nSPS) is 14.1. The summed E-state index contributed by atoms with van der Waals surface area (Å²) in [6.07, 6.45) is 56.3. The Balaban J connectivity index is 3.88. The molecular weight excluding hydrogens is 804 g/mol. The summed E-state index contributed by atoms with van der Waals surface area (Å²) >= 11 is 0. The standard InChI is InChI=1S/C54H109N2O6P/c1-6-8-10-12-14-16-17-18-19-20-21-22-23-24-25-26-27-28-29-30-31-32-33-34-35-36-37-38-40-42-44-46-48-54(58)55-52(51-62-63(59,60)61-50-49-56(3,4)5)53(57)47-45-43-41-39-15-13-11-9-7-2/h45,47,52-53,57H,6-44,46,48-51H2,1-5H3,(H-,55,58,59,60)/p+1/b47-45+/t52-,53+/m0/s1. The van der Waals surface area contributed by atoms with Crippen molar-refractivity contribution in [3.63, 3.8) is 0 Å². The number of hydrogen-bond acceptors (Lipinski definition) is 5. The lowest BCUT2D eigenvalue weighted by Gasteiger charge is -2.25. The highest BCUT2D eigenvalue weighted by Crippen LogP contribution is 2.43. The lowest BCUT2D eigenvalue weighted by atomic mass is 10.0. The Hall–Kier alpha value is -0.760. The molecule has 1 amide bonds. The molecule has 0 aromatic rings. The van der Waals surface area contributed by atoms with Gasteiger partial charge < -0.3 is 19.8 Å². The average molecular weight is 914 g/mol. The number of unbranched alkanes of at least 4 members (excludes halogenated alkanes) is 38. The first-order chi connectivity index (χ1) is 30.5. The Morgan fingerprint density at radius 3 is 1.17 bits per heavy atom. The van der Waals surface area contributed by atoms with Gasteiger partial charge in [-0.05, 0) is 19.3 Å². The topological polar surface area (TPSA) is 105 Å². The summed E-state index contributed by atoms with van der Waals surface area (Å²) in [6, 6.07) is -0.839. The fourth-order valence-electron chi connectivity index (χ4n) is 8.40. The van der Waals surface area contributed by atoms with Crippen LogP contribution in [0.5, 0.6) is 0 Å². The number of carbonyl (C=O) groups is 1. The minimum absolute atomic E-state index is 0.0644. The van der Waals surface area contributed by atoms with Crippen LogP contribution in [0.25, 0.3) is 0 Å². The number of carbonyl (C=O) groups excluding carboxylic acids is 1. The molecule has 3 atom stereocenters. The highest BCUT2D eigenvalue weighted by molar-refractivity contribution is 7.47. The van der Waals surface area contributed by atoms with Crippen molar-refractivity contribution in [3.8, 4) is 0 Å². The summed E-state index contributed by atoms with van der Waals surface area (Å²) in [4.78, 5) is 23.1. The van der Waals surface area contributed by atoms with E-state index in [1.807, 2.05) is 27.2 Å². The number of amides is 1. The predicted molar refractivity (Wildman–Crippen MR) is 272 cm³/mol. The third-order valence-corrected chi connectivity index (χ3v) is 13.7. The molecule has 9 heteroatoms. The van der Waals surface area contributed by atoms with Gasteiger partial charge in [0, 0.05) is 6.42 Å². The number of likely N-dealkylation sites (N-methyl/N-ethyl adjacent to an activating group) is 1. The molecule has 0 fully saturated rings. The van der Waals surface area contributed by atoms with Gasteiger partial charge in [0.2, 0.25) is 5.91 Å². The SMILES string of the molecule is CCCCCCCCC/C=C/[C@@H](O)[C@H](COP(=O)(O)OCC[N+](C)(C)C)NC(=O)CCCCCCCCCCCCCCCCCCCCCCCCCCCCCCCCCC. The summed E-state index contributed by atoms with van der Waals surface area (Å²) in [5, 5.41) is 13.8. The molecule has 0 aromatic heterocycles. The van der Waals surface area contributed by atoms with Gasteiger partial charge in [0.1, 0.15) is 13.2 Å². The minimum Gasteiger partial charge on any atom is -0.387 e. The lowest BCUT2D eigenvalue weighted by Crippen LogP contribution is -2.45. The van der Waals surface area contributed by atoms with Gasteiger partial charge in [-0.25, -0.2) is 4.57 Å². The number of phosphoric ester groups is 1. The monoisotopic (exact) mass is 914 g/mol. The Morgan fingerprint density at radius 1 is 0.524 bits per heavy atom. The maximum atomic E-state index is 12.9. The van der Waals surface area contributed by atoms with Crippen LogP contribution in [0.4, 0.5) is 0 Å². The van der Waals surface area contributed by atoms with E-state index in [1.165, 1.54) is 218 Å². The van der Waals surface area contributed by atoms with E-state index in [1.54, 1.807) is 6.08 Å². The smallest absolute Gasteiger partial charge is 0.387 e. The van der Waals surface area contributed by atoms with Crippen LogP contribution >= 0.6 is 7.82 Å². The van der Waals surface area contributed by atoms with Gasteiger partial charge in [0.25, 0.3) is 0 Å². The molecule has 8 nitrogen and oxygen atoms in total. The van der Waals surface area contributed by atoms with Gasteiger partial charge in [-0.1, -0.05) is 264 Å². The van der Waals surface area contributed by atoms with E-state index in [0.717, 1.165) is 38.5 Å². The largest absolute Gasteiger partial charge is 0.472 e. The van der Waals surface area contributed by atoms with Crippen LogP contribution in [0, 0.1) is 0 Å². The highest BCUT2D eigenvalue weighted by Gasteiger charge is 2.27. The number of aliphatic hydroxyl groups is 1. The fourth-order valence-corrected chi connectivity index (χ4v) is 9.13. The van der Waals surface area contributed by atoms with Crippen LogP contribution in [0.2, 0.25) is 0 Å². The second-order valence-corrected chi connectivity index (χ2v) is 21.8. The molecule has 0 aliphatic rings. The third-order valence-electron chi connectivity index (χ3n) is 12.8. The Labute approximate surface area is 392 Å². The first-order valence-electron chi connectivity index (χ1n) is 27.6. The number of quaternary nitrogens is 1. The van der Waals surface area contributed by atoms with E-state index in [2.05, 4.69) is 19.2 Å². The van der Waals surface area contributed by atoms with Crippen LogP contribution in [0.3, 0.4) is 0 Å². The summed E-state index contributed by atoms with van der Waals surface area (Å²) in [7, 11) is 1.58. The van der Waals surface area contributed by atoms with Crippen LogP contribution in [0.15, 0.2) is 12.2 Å². The van der Waals surface area contributed by atoms with Gasteiger partial charge in [-0.15, -0.1) is 0 Å². The molecule has 0 radical (unpaired) electrons. The molecule has 0 aliphatic carbocycles. The molecule has 0 aliphatic heterocycles. The van der Waals surface area contributed by atoms with Gasteiger partial charge >= 0.3 is 7.82 Å². The lowest BCUT2D eigenvalue weighted by molar-refractivity contribution is -0.870. The van der Waals surface area contributed by atoms with Gasteiger partial charge in [0.15, 0.2) is 0 Å². The minimum atomic E-state index is -4.33.